The number of fused-ring (bicyclic) bond motifs is 1. The van der Waals surface area contributed by atoms with Gasteiger partial charge in [0.15, 0.2) is 5.84 Å². The zero-order valence-corrected chi connectivity index (χ0v) is 11.3. The number of sulfonamides is 1. The first-order valence-corrected chi connectivity index (χ1v) is 7.27. The molecule has 0 atom stereocenters. The molecule has 0 radical (unpaired) electrons. The standard InChI is InChI=1S/C12H9N3O2S2/c13-11(18)9-5-3-7-15(9)12-8-4-1-2-6-10(8)19(16,17)14-12/h1-7H,(H2,13,18). The summed E-state index contributed by atoms with van der Waals surface area (Å²) in [6, 6.07) is 10.1. The lowest BCUT2D eigenvalue weighted by Gasteiger charge is -2.07. The van der Waals surface area contributed by atoms with Crippen molar-refractivity contribution in [2.24, 2.45) is 10.1 Å². The van der Waals surface area contributed by atoms with Gasteiger partial charge in [0.05, 0.1) is 5.69 Å². The van der Waals surface area contributed by atoms with E-state index in [0.717, 1.165) is 0 Å². The molecule has 0 aliphatic carbocycles. The average molecular weight is 291 g/mol. The van der Waals surface area contributed by atoms with Crippen LogP contribution in [0.2, 0.25) is 0 Å². The second-order valence-corrected chi connectivity index (χ2v) is 6.03. The Morgan fingerprint density at radius 3 is 2.68 bits per heavy atom. The highest BCUT2D eigenvalue weighted by Gasteiger charge is 2.30. The van der Waals surface area contributed by atoms with Gasteiger partial charge in [-0.05, 0) is 24.3 Å². The van der Waals surface area contributed by atoms with E-state index in [1.807, 2.05) is 0 Å². The number of hydrogen-bond donors (Lipinski definition) is 1. The van der Waals surface area contributed by atoms with Crippen LogP contribution in [0, 0.1) is 0 Å². The third-order valence-electron chi connectivity index (χ3n) is 2.84. The van der Waals surface area contributed by atoms with Crippen molar-refractivity contribution in [2.45, 2.75) is 4.90 Å². The van der Waals surface area contributed by atoms with Gasteiger partial charge in [-0.3, -0.25) is 4.57 Å². The Bertz CT molecular complexity index is 819. The van der Waals surface area contributed by atoms with Crippen molar-refractivity contribution in [1.29, 1.82) is 0 Å². The maximum atomic E-state index is 12.0. The molecule has 0 bridgehead atoms. The number of nitrogens with zero attached hydrogens (tertiary/aromatic N) is 2. The molecule has 96 valence electrons. The van der Waals surface area contributed by atoms with E-state index in [9.17, 15) is 8.42 Å². The van der Waals surface area contributed by atoms with E-state index in [4.69, 9.17) is 18.0 Å². The molecule has 0 spiro atoms. The minimum Gasteiger partial charge on any atom is -0.388 e. The molecule has 0 fully saturated rings. The first-order chi connectivity index (χ1) is 9.00. The molecule has 0 unspecified atom stereocenters. The molecule has 5 nitrogen and oxygen atoms in total. The van der Waals surface area contributed by atoms with Crippen LogP contribution >= 0.6 is 12.2 Å². The van der Waals surface area contributed by atoms with Crippen LogP contribution in [-0.2, 0) is 10.0 Å². The van der Waals surface area contributed by atoms with Crippen molar-refractivity contribution < 1.29 is 8.42 Å². The zero-order valence-electron chi connectivity index (χ0n) is 9.65. The number of thiocarbonyl (C=S) groups is 1. The molecular formula is C12H9N3O2S2. The van der Waals surface area contributed by atoms with E-state index in [0.29, 0.717) is 17.1 Å². The number of benzene rings is 1. The van der Waals surface area contributed by atoms with Crippen molar-refractivity contribution in [3.8, 4) is 0 Å². The summed E-state index contributed by atoms with van der Waals surface area (Å²) < 4.78 is 29.3. The van der Waals surface area contributed by atoms with E-state index < -0.39 is 10.0 Å². The lowest BCUT2D eigenvalue weighted by atomic mass is 10.2. The van der Waals surface area contributed by atoms with Gasteiger partial charge in [-0.15, -0.1) is 4.40 Å². The van der Waals surface area contributed by atoms with Crippen LogP contribution in [0.1, 0.15) is 11.3 Å². The van der Waals surface area contributed by atoms with Gasteiger partial charge in [-0.25, -0.2) is 0 Å². The predicted octanol–water partition coefficient (Wildman–Crippen LogP) is 1.12. The van der Waals surface area contributed by atoms with Gasteiger partial charge >= 0.3 is 0 Å². The van der Waals surface area contributed by atoms with Gasteiger partial charge in [0.1, 0.15) is 9.88 Å². The van der Waals surface area contributed by atoms with Crippen LogP contribution in [0.25, 0.3) is 0 Å². The number of hydrogen-bond acceptors (Lipinski definition) is 3. The number of nitrogens with two attached hydrogens (primary N) is 1. The van der Waals surface area contributed by atoms with E-state index in [1.54, 1.807) is 41.1 Å². The van der Waals surface area contributed by atoms with E-state index in [2.05, 4.69) is 4.40 Å². The maximum Gasteiger partial charge on any atom is 0.285 e. The molecule has 0 amide bonds. The van der Waals surface area contributed by atoms with Crippen LogP contribution in [0.4, 0.5) is 0 Å². The minimum atomic E-state index is -3.64. The molecule has 1 aliphatic rings. The molecule has 1 aromatic carbocycles. The summed E-state index contributed by atoms with van der Waals surface area (Å²) in [5.41, 5.74) is 6.73. The molecule has 1 aromatic heterocycles. The Labute approximate surface area is 115 Å². The first kappa shape index (κ1) is 12.1. The van der Waals surface area contributed by atoms with Crippen molar-refractivity contribution in [1.82, 2.24) is 4.57 Å². The SMILES string of the molecule is NC(=S)c1cccn1C1=NS(=O)(=O)c2ccccc21. The highest BCUT2D eigenvalue weighted by atomic mass is 32.2. The fraction of sp³-hybridized carbons (Fsp3) is 0. The summed E-state index contributed by atoms with van der Waals surface area (Å²) in [4.78, 5) is 0.391. The quantitative estimate of drug-likeness (QED) is 0.799. The summed E-state index contributed by atoms with van der Waals surface area (Å²) in [6.07, 6.45) is 1.69. The molecule has 19 heavy (non-hydrogen) atoms. The number of aromatic nitrogens is 1. The van der Waals surface area contributed by atoms with Gasteiger partial charge < -0.3 is 5.73 Å². The largest absolute Gasteiger partial charge is 0.388 e. The van der Waals surface area contributed by atoms with Crippen LogP contribution < -0.4 is 5.73 Å². The van der Waals surface area contributed by atoms with E-state index >= 15 is 0 Å². The molecule has 2 heterocycles. The zero-order chi connectivity index (χ0) is 13.6. The van der Waals surface area contributed by atoms with Gasteiger partial charge in [0.2, 0.25) is 0 Å². The topological polar surface area (TPSA) is 77.5 Å². The smallest absolute Gasteiger partial charge is 0.285 e. The summed E-state index contributed by atoms with van der Waals surface area (Å²) in [5, 5.41) is 0. The molecule has 2 aromatic rings. The minimum absolute atomic E-state index is 0.189. The van der Waals surface area contributed by atoms with Crippen molar-refractivity contribution in [3.63, 3.8) is 0 Å². The van der Waals surface area contributed by atoms with E-state index in [1.165, 1.54) is 6.07 Å². The molecular weight excluding hydrogens is 282 g/mol. The summed E-state index contributed by atoms with van der Waals surface area (Å²) in [5.74, 6) is 0.323. The van der Waals surface area contributed by atoms with Gasteiger partial charge in [0, 0.05) is 11.8 Å². The van der Waals surface area contributed by atoms with Gasteiger partial charge in [-0.2, -0.15) is 8.42 Å². The monoisotopic (exact) mass is 291 g/mol. The first-order valence-electron chi connectivity index (χ1n) is 5.42. The third kappa shape index (κ3) is 1.78. The molecule has 0 saturated carbocycles. The summed E-state index contributed by atoms with van der Waals surface area (Å²) in [6.45, 7) is 0. The highest BCUT2D eigenvalue weighted by Crippen LogP contribution is 2.27. The van der Waals surface area contributed by atoms with E-state index in [-0.39, 0.29) is 9.88 Å². The lowest BCUT2D eigenvalue weighted by molar-refractivity contribution is 0.599. The maximum absolute atomic E-state index is 12.0. The Hall–Kier alpha value is -1.99. The van der Waals surface area contributed by atoms with Crippen molar-refractivity contribution in [2.75, 3.05) is 0 Å². The van der Waals surface area contributed by atoms with Crippen molar-refractivity contribution in [3.05, 3.63) is 53.9 Å². The highest BCUT2D eigenvalue weighted by molar-refractivity contribution is 7.90. The van der Waals surface area contributed by atoms with Crippen LogP contribution in [-0.4, -0.2) is 23.8 Å². The summed E-state index contributed by atoms with van der Waals surface area (Å²) >= 11 is 4.95. The Balaban J connectivity index is 2.29. The number of rotatable bonds is 1. The third-order valence-corrected chi connectivity index (χ3v) is 4.38. The fourth-order valence-corrected chi connectivity index (χ4v) is 3.40. The van der Waals surface area contributed by atoms with Crippen LogP contribution in [0.5, 0.6) is 0 Å². The normalized spacial score (nSPS) is 15.9. The fourth-order valence-electron chi connectivity index (χ4n) is 2.03. The Kier molecular flexibility index (Phi) is 2.54. The molecule has 1 aliphatic heterocycles. The Morgan fingerprint density at radius 2 is 1.95 bits per heavy atom. The second-order valence-electron chi connectivity index (χ2n) is 4.01. The molecule has 2 N–H and O–H groups in total. The Morgan fingerprint density at radius 1 is 1.21 bits per heavy atom. The summed E-state index contributed by atoms with van der Waals surface area (Å²) in [7, 11) is -3.64. The molecule has 0 saturated heterocycles. The van der Waals surface area contributed by atoms with Crippen LogP contribution in [0.15, 0.2) is 51.9 Å². The second kappa shape index (κ2) is 4.01. The lowest BCUT2D eigenvalue weighted by Crippen LogP contribution is -2.20. The van der Waals surface area contributed by atoms with Crippen LogP contribution in [0.3, 0.4) is 0 Å². The van der Waals surface area contributed by atoms with Gasteiger partial charge in [-0.1, -0.05) is 24.4 Å². The average Bonchev–Trinajstić information content (AvgIpc) is 2.93. The molecule has 3 rings (SSSR count). The van der Waals surface area contributed by atoms with Crippen molar-refractivity contribution >= 4 is 33.1 Å². The van der Waals surface area contributed by atoms with Gasteiger partial charge in [0.25, 0.3) is 10.0 Å². The molecule has 7 heteroatoms. The predicted molar refractivity (Wildman–Crippen MR) is 75.9 cm³/mol.